The average molecular weight is 375 g/mol. The minimum atomic E-state index is -3.25. The lowest BCUT2D eigenvalue weighted by atomic mass is 10.2. The van der Waals surface area contributed by atoms with Gasteiger partial charge in [0.05, 0.1) is 12.1 Å². The van der Waals surface area contributed by atoms with Crippen molar-refractivity contribution in [2.24, 2.45) is 0 Å². The molecular formula is C19H23F2N5O. The summed E-state index contributed by atoms with van der Waals surface area (Å²) in [6.45, 7) is 3.93. The minimum absolute atomic E-state index is 0.142. The van der Waals surface area contributed by atoms with E-state index in [2.05, 4.69) is 22.2 Å². The molecule has 0 spiro atoms. The summed E-state index contributed by atoms with van der Waals surface area (Å²) in [4.78, 5) is 8.58. The standard InChI is InChI=1S/C19H23F2N5O/c1-3-4-10-23-17-16-14(24-18(22)25-17)9-11-26(16)12-13-7-5-6-8-15(13)27-19(2,20)21/h5-9,11H,3-4,10,12H2,1-2H3,(H3,22,23,24,25). The number of halogens is 2. The molecule has 0 bridgehead atoms. The van der Waals surface area contributed by atoms with Crippen molar-refractivity contribution in [2.45, 2.75) is 39.3 Å². The highest BCUT2D eigenvalue weighted by Gasteiger charge is 2.24. The van der Waals surface area contributed by atoms with Crippen molar-refractivity contribution in [1.82, 2.24) is 14.5 Å². The van der Waals surface area contributed by atoms with Crippen LogP contribution in [-0.2, 0) is 6.54 Å². The second-order valence-electron chi connectivity index (χ2n) is 6.41. The van der Waals surface area contributed by atoms with Crippen molar-refractivity contribution in [3.63, 3.8) is 0 Å². The Morgan fingerprint density at radius 1 is 1.22 bits per heavy atom. The quantitative estimate of drug-likeness (QED) is 0.575. The molecule has 0 atom stereocenters. The highest BCUT2D eigenvalue weighted by molar-refractivity contribution is 5.87. The molecule has 8 heteroatoms. The van der Waals surface area contributed by atoms with Crippen molar-refractivity contribution in [1.29, 1.82) is 0 Å². The topological polar surface area (TPSA) is 78.0 Å². The summed E-state index contributed by atoms with van der Waals surface area (Å²) >= 11 is 0. The van der Waals surface area contributed by atoms with Crippen LogP contribution in [0.15, 0.2) is 36.5 Å². The molecule has 3 N–H and O–H groups in total. The Hall–Kier alpha value is -2.90. The first-order chi connectivity index (χ1) is 12.9. The summed E-state index contributed by atoms with van der Waals surface area (Å²) in [5.41, 5.74) is 7.91. The van der Waals surface area contributed by atoms with Crippen LogP contribution in [0.1, 0.15) is 32.3 Å². The van der Waals surface area contributed by atoms with Crippen LogP contribution in [0.5, 0.6) is 5.75 Å². The van der Waals surface area contributed by atoms with Gasteiger partial charge in [-0.15, -0.1) is 0 Å². The molecule has 0 aliphatic carbocycles. The van der Waals surface area contributed by atoms with Crippen molar-refractivity contribution in [3.8, 4) is 5.75 Å². The van der Waals surface area contributed by atoms with Gasteiger partial charge in [-0.3, -0.25) is 0 Å². The number of hydrogen-bond donors (Lipinski definition) is 2. The molecule has 0 amide bonds. The average Bonchev–Trinajstić information content (AvgIpc) is 2.98. The number of nitrogens with one attached hydrogen (secondary N) is 1. The first-order valence-electron chi connectivity index (χ1n) is 8.88. The predicted octanol–water partition coefficient (Wildman–Crippen LogP) is 4.27. The fourth-order valence-electron chi connectivity index (χ4n) is 2.87. The Morgan fingerprint density at radius 3 is 2.74 bits per heavy atom. The first kappa shape index (κ1) is 18.9. The van der Waals surface area contributed by atoms with Crippen LogP contribution in [-0.4, -0.2) is 27.2 Å². The van der Waals surface area contributed by atoms with E-state index in [-0.39, 0.29) is 11.7 Å². The molecule has 27 heavy (non-hydrogen) atoms. The van der Waals surface area contributed by atoms with E-state index in [0.717, 1.165) is 31.8 Å². The van der Waals surface area contributed by atoms with Gasteiger partial charge < -0.3 is 20.4 Å². The third-order valence-electron chi connectivity index (χ3n) is 4.05. The fourth-order valence-corrected chi connectivity index (χ4v) is 2.87. The van der Waals surface area contributed by atoms with Crippen molar-refractivity contribution in [3.05, 3.63) is 42.1 Å². The Labute approximate surface area is 156 Å². The van der Waals surface area contributed by atoms with Gasteiger partial charge in [-0.25, -0.2) is 4.98 Å². The molecule has 0 radical (unpaired) electrons. The van der Waals surface area contributed by atoms with E-state index in [1.54, 1.807) is 18.2 Å². The highest BCUT2D eigenvalue weighted by atomic mass is 19.3. The van der Waals surface area contributed by atoms with Crippen LogP contribution in [0.3, 0.4) is 0 Å². The monoisotopic (exact) mass is 375 g/mol. The van der Waals surface area contributed by atoms with Gasteiger partial charge in [0, 0.05) is 25.2 Å². The molecule has 0 unspecified atom stereocenters. The molecule has 0 saturated carbocycles. The van der Waals surface area contributed by atoms with Crippen LogP contribution >= 0.6 is 0 Å². The number of rotatable bonds is 8. The van der Waals surface area contributed by atoms with Gasteiger partial charge in [0.25, 0.3) is 0 Å². The Bertz CT molecular complexity index is 920. The number of para-hydroxylation sites is 1. The van der Waals surface area contributed by atoms with Crippen molar-refractivity contribution < 1.29 is 13.5 Å². The van der Waals surface area contributed by atoms with Crippen LogP contribution in [0.2, 0.25) is 0 Å². The van der Waals surface area contributed by atoms with Crippen LogP contribution < -0.4 is 15.8 Å². The lowest BCUT2D eigenvalue weighted by molar-refractivity contribution is -0.159. The van der Waals surface area contributed by atoms with Gasteiger partial charge in [0.2, 0.25) is 5.95 Å². The number of fused-ring (bicyclic) bond motifs is 1. The van der Waals surface area contributed by atoms with E-state index in [4.69, 9.17) is 10.5 Å². The van der Waals surface area contributed by atoms with Crippen LogP contribution in [0, 0.1) is 0 Å². The first-order valence-corrected chi connectivity index (χ1v) is 8.88. The van der Waals surface area contributed by atoms with Gasteiger partial charge in [-0.2, -0.15) is 13.8 Å². The predicted molar refractivity (Wildman–Crippen MR) is 102 cm³/mol. The van der Waals surface area contributed by atoms with Crippen LogP contribution in [0.25, 0.3) is 11.0 Å². The lowest BCUT2D eigenvalue weighted by Gasteiger charge is -2.17. The van der Waals surface area contributed by atoms with Gasteiger partial charge in [0.15, 0.2) is 5.82 Å². The summed E-state index contributed by atoms with van der Waals surface area (Å²) < 4.78 is 33.4. The molecule has 144 valence electrons. The zero-order valence-corrected chi connectivity index (χ0v) is 15.4. The minimum Gasteiger partial charge on any atom is -0.432 e. The Balaban J connectivity index is 1.96. The molecule has 1 aromatic carbocycles. The normalized spacial score (nSPS) is 11.7. The maximum atomic E-state index is 13.3. The number of ether oxygens (including phenoxy) is 1. The van der Waals surface area contributed by atoms with Gasteiger partial charge in [-0.1, -0.05) is 31.5 Å². The second kappa shape index (κ2) is 7.77. The zero-order chi connectivity index (χ0) is 19.4. The largest absolute Gasteiger partial charge is 0.432 e. The number of alkyl halides is 2. The van der Waals surface area contributed by atoms with E-state index in [1.165, 1.54) is 6.07 Å². The molecule has 3 aromatic rings. The van der Waals surface area contributed by atoms with E-state index in [0.29, 0.717) is 23.4 Å². The molecule has 0 aliphatic rings. The molecular weight excluding hydrogens is 352 g/mol. The number of anilines is 2. The SMILES string of the molecule is CCCCNc1nc(N)nc2ccn(Cc3ccccc3OC(C)(F)F)c12. The fraction of sp³-hybridized carbons (Fsp3) is 0.368. The van der Waals surface area contributed by atoms with Crippen LogP contribution in [0.4, 0.5) is 20.5 Å². The van der Waals surface area contributed by atoms with E-state index in [1.807, 2.05) is 16.8 Å². The number of nitrogens with zero attached hydrogens (tertiary/aromatic N) is 3. The lowest BCUT2D eigenvalue weighted by Crippen LogP contribution is -2.20. The third-order valence-corrected chi connectivity index (χ3v) is 4.05. The van der Waals surface area contributed by atoms with E-state index < -0.39 is 6.11 Å². The van der Waals surface area contributed by atoms with E-state index >= 15 is 0 Å². The van der Waals surface area contributed by atoms with Gasteiger partial charge in [0.1, 0.15) is 11.3 Å². The summed E-state index contributed by atoms with van der Waals surface area (Å²) in [6.07, 6.45) is 0.631. The third kappa shape index (κ3) is 4.64. The summed E-state index contributed by atoms with van der Waals surface area (Å²) in [5, 5.41) is 3.29. The highest BCUT2D eigenvalue weighted by Crippen LogP contribution is 2.28. The Kier molecular flexibility index (Phi) is 5.43. The molecule has 6 nitrogen and oxygen atoms in total. The maximum absolute atomic E-state index is 13.3. The molecule has 0 fully saturated rings. The molecule has 3 rings (SSSR count). The number of aromatic nitrogens is 3. The zero-order valence-electron chi connectivity index (χ0n) is 15.4. The Morgan fingerprint density at radius 2 is 2.00 bits per heavy atom. The summed E-state index contributed by atoms with van der Waals surface area (Å²) in [7, 11) is 0. The van der Waals surface area contributed by atoms with E-state index in [9.17, 15) is 8.78 Å². The maximum Gasteiger partial charge on any atom is 0.394 e. The second-order valence-corrected chi connectivity index (χ2v) is 6.41. The van der Waals surface area contributed by atoms with Crippen molar-refractivity contribution in [2.75, 3.05) is 17.6 Å². The smallest absolute Gasteiger partial charge is 0.394 e. The van der Waals surface area contributed by atoms with Gasteiger partial charge >= 0.3 is 6.11 Å². The number of hydrogen-bond acceptors (Lipinski definition) is 5. The molecule has 2 aromatic heterocycles. The number of unbranched alkanes of at least 4 members (excludes halogenated alkanes) is 1. The summed E-state index contributed by atoms with van der Waals surface area (Å²) in [5.74, 6) is 0.965. The molecule has 0 aliphatic heterocycles. The number of nitrogen functional groups attached to an aromatic ring is 1. The number of benzene rings is 1. The molecule has 0 saturated heterocycles. The summed E-state index contributed by atoms with van der Waals surface area (Å²) in [6, 6.07) is 8.58. The number of nitrogens with two attached hydrogens (primary N) is 1. The van der Waals surface area contributed by atoms with Crippen molar-refractivity contribution >= 4 is 22.8 Å². The molecule has 2 heterocycles. The van der Waals surface area contributed by atoms with Gasteiger partial charge in [-0.05, 0) is 18.6 Å².